The number of benzene rings is 2. The number of hydrogen-bond acceptors (Lipinski definition) is 6. The summed E-state index contributed by atoms with van der Waals surface area (Å²) in [4.78, 5) is 18.0. The van der Waals surface area contributed by atoms with Gasteiger partial charge in [0.05, 0.1) is 25.4 Å². The number of halogens is 1. The SMILES string of the molecule is COc1ccc(OC[C@H](O)Cn2cnc3scc(-c4ccc(F)cc4)c3c2=O)cc1. The van der Waals surface area contributed by atoms with Crippen LogP contribution in [0.5, 0.6) is 11.5 Å². The first-order valence-electron chi connectivity index (χ1n) is 9.22. The second-order valence-corrected chi connectivity index (χ2v) is 7.54. The first-order chi connectivity index (χ1) is 14.5. The summed E-state index contributed by atoms with van der Waals surface area (Å²) < 4.78 is 25.3. The fourth-order valence-electron chi connectivity index (χ4n) is 3.08. The van der Waals surface area contributed by atoms with Crippen molar-refractivity contribution in [3.8, 4) is 22.6 Å². The molecule has 8 heteroatoms. The van der Waals surface area contributed by atoms with E-state index in [-0.39, 0.29) is 24.5 Å². The smallest absolute Gasteiger partial charge is 0.262 e. The average Bonchev–Trinajstić information content (AvgIpc) is 3.20. The summed E-state index contributed by atoms with van der Waals surface area (Å²) in [6.07, 6.45) is 0.517. The van der Waals surface area contributed by atoms with E-state index in [1.165, 1.54) is 34.4 Å². The second-order valence-electron chi connectivity index (χ2n) is 6.68. The Morgan fingerprint density at radius 1 is 1.13 bits per heavy atom. The molecule has 0 saturated heterocycles. The van der Waals surface area contributed by atoms with Gasteiger partial charge in [-0.25, -0.2) is 9.37 Å². The molecule has 2 aromatic heterocycles. The zero-order chi connectivity index (χ0) is 21.1. The fraction of sp³-hybridized carbons (Fsp3) is 0.182. The Bertz CT molecular complexity index is 1200. The molecule has 154 valence electrons. The molecule has 0 spiro atoms. The number of hydrogen-bond donors (Lipinski definition) is 1. The van der Waals surface area contributed by atoms with Crippen molar-refractivity contribution in [3.63, 3.8) is 0 Å². The third-order valence-corrected chi connectivity index (χ3v) is 5.51. The lowest BCUT2D eigenvalue weighted by molar-refractivity contribution is 0.0914. The number of rotatable bonds is 7. The highest BCUT2D eigenvalue weighted by atomic mass is 32.1. The van der Waals surface area contributed by atoms with E-state index in [4.69, 9.17) is 9.47 Å². The van der Waals surface area contributed by atoms with Crippen molar-refractivity contribution < 1.29 is 19.0 Å². The van der Waals surface area contributed by atoms with Crippen LogP contribution in [0, 0.1) is 5.82 Å². The summed E-state index contributed by atoms with van der Waals surface area (Å²) in [5.41, 5.74) is 1.18. The Balaban J connectivity index is 1.52. The molecule has 0 aliphatic rings. The maximum Gasteiger partial charge on any atom is 0.262 e. The Morgan fingerprint density at radius 3 is 2.53 bits per heavy atom. The van der Waals surface area contributed by atoms with Crippen molar-refractivity contribution >= 4 is 21.6 Å². The van der Waals surface area contributed by atoms with Gasteiger partial charge in [-0.1, -0.05) is 12.1 Å². The average molecular weight is 426 g/mol. The van der Waals surface area contributed by atoms with E-state index in [9.17, 15) is 14.3 Å². The lowest BCUT2D eigenvalue weighted by atomic mass is 10.1. The maximum atomic E-state index is 13.2. The Labute approximate surface area is 175 Å². The zero-order valence-electron chi connectivity index (χ0n) is 16.1. The van der Waals surface area contributed by atoms with Crippen LogP contribution in [-0.4, -0.2) is 34.5 Å². The van der Waals surface area contributed by atoms with E-state index in [1.807, 2.05) is 5.38 Å². The molecule has 1 atom stereocenters. The molecule has 1 N–H and O–H groups in total. The van der Waals surface area contributed by atoms with Crippen LogP contribution in [0.1, 0.15) is 0 Å². The van der Waals surface area contributed by atoms with Crippen LogP contribution in [0.4, 0.5) is 4.39 Å². The van der Waals surface area contributed by atoms with Crippen molar-refractivity contribution in [1.82, 2.24) is 9.55 Å². The summed E-state index contributed by atoms with van der Waals surface area (Å²) >= 11 is 1.35. The minimum absolute atomic E-state index is 0.0191. The molecule has 0 bridgehead atoms. The molecule has 2 aromatic carbocycles. The highest BCUT2D eigenvalue weighted by molar-refractivity contribution is 7.17. The Morgan fingerprint density at radius 2 is 1.83 bits per heavy atom. The van der Waals surface area contributed by atoms with Gasteiger partial charge in [0.15, 0.2) is 0 Å². The summed E-state index contributed by atoms with van der Waals surface area (Å²) in [7, 11) is 1.58. The highest BCUT2D eigenvalue weighted by Gasteiger charge is 2.15. The van der Waals surface area contributed by atoms with E-state index in [0.29, 0.717) is 27.3 Å². The molecule has 4 aromatic rings. The van der Waals surface area contributed by atoms with E-state index in [1.54, 1.807) is 43.5 Å². The second kappa shape index (κ2) is 8.64. The van der Waals surface area contributed by atoms with Gasteiger partial charge in [0, 0.05) is 10.9 Å². The number of aliphatic hydroxyl groups excluding tert-OH is 1. The molecule has 0 aliphatic carbocycles. The van der Waals surface area contributed by atoms with Crippen molar-refractivity contribution in [2.75, 3.05) is 13.7 Å². The lowest BCUT2D eigenvalue weighted by Crippen LogP contribution is -2.30. The first kappa shape index (κ1) is 20.1. The van der Waals surface area contributed by atoms with Gasteiger partial charge in [-0.2, -0.15) is 0 Å². The van der Waals surface area contributed by atoms with Crippen LogP contribution in [0.3, 0.4) is 0 Å². The lowest BCUT2D eigenvalue weighted by Gasteiger charge is -2.14. The van der Waals surface area contributed by atoms with Crippen LogP contribution in [0.15, 0.2) is 65.0 Å². The van der Waals surface area contributed by atoms with E-state index in [0.717, 1.165) is 5.56 Å². The third kappa shape index (κ3) is 4.19. The molecular weight excluding hydrogens is 407 g/mol. The number of nitrogens with zero attached hydrogens (tertiary/aromatic N) is 2. The summed E-state index contributed by atoms with van der Waals surface area (Å²) in [5.74, 6) is 0.961. The summed E-state index contributed by atoms with van der Waals surface area (Å²) in [6.45, 7) is 0.0574. The Kier molecular flexibility index (Phi) is 5.78. The van der Waals surface area contributed by atoms with Crippen LogP contribution in [0.25, 0.3) is 21.3 Å². The molecule has 4 rings (SSSR count). The molecule has 0 fully saturated rings. The van der Waals surface area contributed by atoms with Gasteiger partial charge in [0.2, 0.25) is 0 Å². The van der Waals surface area contributed by atoms with Gasteiger partial charge in [-0.15, -0.1) is 11.3 Å². The zero-order valence-corrected chi connectivity index (χ0v) is 16.9. The van der Waals surface area contributed by atoms with Crippen LogP contribution < -0.4 is 15.0 Å². The quantitative estimate of drug-likeness (QED) is 0.488. The van der Waals surface area contributed by atoms with Crippen LogP contribution in [-0.2, 0) is 6.54 Å². The maximum absolute atomic E-state index is 13.2. The number of thiophene rings is 1. The van der Waals surface area contributed by atoms with Crippen LogP contribution in [0.2, 0.25) is 0 Å². The van der Waals surface area contributed by atoms with Gasteiger partial charge in [0.25, 0.3) is 5.56 Å². The normalized spacial score (nSPS) is 12.1. The van der Waals surface area contributed by atoms with Gasteiger partial charge in [-0.3, -0.25) is 9.36 Å². The molecule has 0 radical (unpaired) electrons. The molecule has 0 amide bonds. The number of ether oxygens (including phenoxy) is 2. The largest absolute Gasteiger partial charge is 0.497 e. The standard InChI is InChI=1S/C22H19FN2O4S/c1-28-17-6-8-18(9-7-17)29-11-16(26)10-25-13-24-21-20(22(25)27)19(12-30-21)14-2-4-15(23)5-3-14/h2-9,12-13,16,26H,10-11H2,1H3/t16-/m1/s1. The topological polar surface area (TPSA) is 73.6 Å². The molecule has 0 unspecified atom stereocenters. The molecule has 6 nitrogen and oxygen atoms in total. The van der Waals surface area contributed by atoms with Crippen molar-refractivity contribution in [3.05, 3.63) is 76.4 Å². The van der Waals surface area contributed by atoms with E-state index < -0.39 is 6.10 Å². The Hall–Kier alpha value is -3.23. The van der Waals surface area contributed by atoms with Crippen molar-refractivity contribution in [1.29, 1.82) is 0 Å². The first-order valence-corrected chi connectivity index (χ1v) is 10.1. The van der Waals surface area contributed by atoms with Gasteiger partial charge < -0.3 is 14.6 Å². The monoisotopic (exact) mass is 426 g/mol. The number of aliphatic hydroxyl groups is 1. The molecule has 0 aliphatic heterocycles. The van der Waals surface area contributed by atoms with E-state index in [2.05, 4.69) is 4.98 Å². The number of aromatic nitrogens is 2. The summed E-state index contributed by atoms with van der Waals surface area (Å²) in [5, 5.41) is 12.6. The van der Waals surface area contributed by atoms with Gasteiger partial charge in [0.1, 0.15) is 34.9 Å². The molecular formula is C22H19FN2O4S. The van der Waals surface area contributed by atoms with Crippen molar-refractivity contribution in [2.24, 2.45) is 0 Å². The predicted octanol–water partition coefficient (Wildman–Crippen LogP) is 3.71. The molecule has 2 heterocycles. The van der Waals surface area contributed by atoms with Gasteiger partial charge in [-0.05, 0) is 42.0 Å². The third-order valence-electron chi connectivity index (χ3n) is 4.63. The van der Waals surface area contributed by atoms with E-state index >= 15 is 0 Å². The predicted molar refractivity (Wildman–Crippen MR) is 114 cm³/mol. The van der Waals surface area contributed by atoms with Crippen LogP contribution >= 0.6 is 11.3 Å². The number of methoxy groups -OCH3 is 1. The highest BCUT2D eigenvalue weighted by Crippen LogP contribution is 2.30. The fourth-order valence-corrected chi connectivity index (χ4v) is 3.99. The summed E-state index contributed by atoms with van der Waals surface area (Å²) in [6, 6.07) is 13.0. The minimum Gasteiger partial charge on any atom is -0.497 e. The van der Waals surface area contributed by atoms with Crippen molar-refractivity contribution in [2.45, 2.75) is 12.6 Å². The molecule has 30 heavy (non-hydrogen) atoms. The molecule has 0 saturated carbocycles. The van der Waals surface area contributed by atoms with Gasteiger partial charge >= 0.3 is 0 Å². The minimum atomic E-state index is -0.906. The number of fused-ring (bicyclic) bond motifs is 1.